The molecule has 0 saturated carbocycles. The topological polar surface area (TPSA) is 67.4 Å². The van der Waals surface area contributed by atoms with E-state index in [4.69, 9.17) is 4.74 Å². The smallest absolute Gasteiger partial charge is 0.426 e. The predicted molar refractivity (Wildman–Crippen MR) is 66.8 cm³/mol. The Kier molecular flexibility index (Phi) is 5.62. The Labute approximate surface area is 107 Å². The van der Waals surface area contributed by atoms with Gasteiger partial charge in [0.25, 0.3) is 0 Å². The molecular formula is C10H11IN2O3. The van der Waals surface area contributed by atoms with Crippen molar-refractivity contribution in [1.29, 1.82) is 0 Å². The lowest BCUT2D eigenvalue weighted by Crippen LogP contribution is -2.42. The molecule has 2 amide bonds. The van der Waals surface area contributed by atoms with E-state index in [0.717, 1.165) is 5.56 Å². The van der Waals surface area contributed by atoms with Crippen LogP contribution in [0.15, 0.2) is 30.3 Å². The molecule has 0 aromatic heterocycles. The van der Waals surface area contributed by atoms with Gasteiger partial charge >= 0.3 is 6.09 Å². The number of hydrazine groups is 1. The highest BCUT2D eigenvalue weighted by Crippen LogP contribution is 1.99. The molecule has 0 unspecified atom stereocenters. The van der Waals surface area contributed by atoms with Gasteiger partial charge in [0.15, 0.2) is 0 Å². The van der Waals surface area contributed by atoms with Crippen LogP contribution in [0.25, 0.3) is 0 Å². The first-order chi connectivity index (χ1) is 7.72. The van der Waals surface area contributed by atoms with Crippen LogP contribution in [0.2, 0.25) is 0 Å². The number of nitrogens with one attached hydrogen (secondary N) is 2. The largest absolute Gasteiger partial charge is 0.443 e. The van der Waals surface area contributed by atoms with Crippen molar-refractivity contribution in [3.63, 3.8) is 0 Å². The molecule has 1 aromatic rings. The van der Waals surface area contributed by atoms with Crippen molar-refractivity contribution in [3.8, 4) is 0 Å². The van der Waals surface area contributed by atoms with Crippen LogP contribution in [0.5, 0.6) is 0 Å². The summed E-state index contributed by atoms with van der Waals surface area (Å²) < 4.78 is 5.13. The molecule has 0 saturated heterocycles. The van der Waals surface area contributed by atoms with Crippen LogP contribution in [0.3, 0.4) is 0 Å². The number of carbonyl (C=O) groups excluding carboxylic acids is 2. The fourth-order valence-corrected chi connectivity index (χ4v) is 1.10. The molecule has 5 nitrogen and oxygen atoms in total. The van der Waals surface area contributed by atoms with E-state index in [1.807, 2.05) is 52.9 Å². The third-order valence-electron chi connectivity index (χ3n) is 1.64. The van der Waals surface area contributed by atoms with E-state index >= 15 is 0 Å². The summed E-state index contributed by atoms with van der Waals surface area (Å²) in [4.78, 5) is 21.9. The molecule has 86 valence electrons. The summed E-state index contributed by atoms with van der Waals surface area (Å²) in [7, 11) is 0. The maximum atomic E-state index is 11.1. The van der Waals surface area contributed by atoms with Crippen LogP contribution in [0.4, 0.5) is 4.79 Å². The lowest BCUT2D eigenvalue weighted by molar-refractivity contribution is -0.119. The summed E-state index contributed by atoms with van der Waals surface area (Å²) in [5, 5.41) is 0. The third kappa shape index (κ3) is 4.96. The minimum absolute atomic E-state index is 0.173. The van der Waals surface area contributed by atoms with Crippen molar-refractivity contribution in [2.45, 2.75) is 6.61 Å². The minimum Gasteiger partial charge on any atom is -0.443 e. The van der Waals surface area contributed by atoms with E-state index in [2.05, 4.69) is 10.9 Å². The van der Waals surface area contributed by atoms with Gasteiger partial charge in [-0.15, -0.1) is 0 Å². The summed E-state index contributed by atoms with van der Waals surface area (Å²) in [5.74, 6) is -0.280. The van der Waals surface area contributed by atoms with Crippen LogP contribution < -0.4 is 10.9 Å². The number of hydrogen-bond donors (Lipinski definition) is 2. The third-order valence-corrected chi connectivity index (χ3v) is 2.33. The van der Waals surface area contributed by atoms with E-state index in [0.29, 0.717) is 0 Å². The van der Waals surface area contributed by atoms with Gasteiger partial charge in [0.2, 0.25) is 5.91 Å². The second-order valence-electron chi connectivity index (χ2n) is 2.87. The van der Waals surface area contributed by atoms with Crippen molar-refractivity contribution in [2.24, 2.45) is 0 Å². The molecule has 2 N–H and O–H groups in total. The quantitative estimate of drug-likeness (QED) is 0.499. The highest BCUT2D eigenvalue weighted by molar-refractivity contribution is 14.1. The molecule has 0 heterocycles. The van der Waals surface area contributed by atoms with Crippen LogP contribution >= 0.6 is 22.6 Å². The van der Waals surface area contributed by atoms with Gasteiger partial charge in [0, 0.05) is 0 Å². The average Bonchev–Trinajstić information content (AvgIpc) is 2.34. The summed E-state index contributed by atoms with van der Waals surface area (Å²) in [6.07, 6.45) is -0.679. The standard InChI is InChI=1S/C10H11IN2O3/c11-6-9(14)12-13-10(15)16-7-8-4-2-1-3-5-8/h1-5H,6-7H2,(H,12,14)(H,13,15). The zero-order valence-electron chi connectivity index (χ0n) is 8.40. The Morgan fingerprint density at radius 1 is 1.19 bits per heavy atom. The van der Waals surface area contributed by atoms with E-state index in [-0.39, 0.29) is 16.9 Å². The maximum Gasteiger partial charge on any atom is 0.426 e. The first-order valence-electron chi connectivity index (χ1n) is 4.54. The summed E-state index contributed by atoms with van der Waals surface area (Å²) in [6, 6.07) is 9.28. The molecule has 6 heteroatoms. The number of amides is 2. The summed E-state index contributed by atoms with van der Waals surface area (Å²) in [5.41, 5.74) is 5.22. The first-order valence-corrected chi connectivity index (χ1v) is 6.06. The van der Waals surface area contributed by atoms with Gasteiger partial charge in [-0.1, -0.05) is 52.9 Å². The number of alkyl halides is 1. The number of halogens is 1. The van der Waals surface area contributed by atoms with E-state index in [1.165, 1.54) is 0 Å². The lowest BCUT2D eigenvalue weighted by atomic mass is 10.2. The normalized spacial score (nSPS) is 9.31. The lowest BCUT2D eigenvalue weighted by Gasteiger charge is -2.07. The van der Waals surface area contributed by atoms with Gasteiger partial charge in [-0.2, -0.15) is 0 Å². The van der Waals surface area contributed by atoms with Crippen LogP contribution in [-0.4, -0.2) is 16.4 Å². The maximum absolute atomic E-state index is 11.1. The molecule has 0 aliphatic rings. The SMILES string of the molecule is O=C(CI)NNC(=O)OCc1ccccc1. The van der Waals surface area contributed by atoms with Crippen molar-refractivity contribution in [2.75, 3.05) is 4.43 Å². The molecule has 0 fully saturated rings. The second-order valence-corrected chi connectivity index (χ2v) is 3.63. The summed E-state index contributed by atoms with van der Waals surface area (Å²) in [6.45, 7) is 0.173. The molecule has 0 aliphatic heterocycles. The minimum atomic E-state index is -0.679. The zero-order valence-corrected chi connectivity index (χ0v) is 10.6. The van der Waals surface area contributed by atoms with Gasteiger partial charge in [0.05, 0.1) is 4.43 Å². The molecule has 0 radical (unpaired) electrons. The zero-order chi connectivity index (χ0) is 11.8. The Morgan fingerprint density at radius 3 is 2.50 bits per heavy atom. The fourth-order valence-electron chi connectivity index (χ4n) is 0.913. The Hall–Kier alpha value is -1.31. The first kappa shape index (κ1) is 12.8. The number of benzene rings is 1. The van der Waals surface area contributed by atoms with Crippen molar-refractivity contribution >= 4 is 34.6 Å². The molecule has 0 spiro atoms. The van der Waals surface area contributed by atoms with E-state index < -0.39 is 6.09 Å². The number of ether oxygens (including phenoxy) is 1. The fraction of sp³-hybridized carbons (Fsp3) is 0.200. The van der Waals surface area contributed by atoms with Crippen LogP contribution in [-0.2, 0) is 16.1 Å². The number of rotatable bonds is 3. The molecule has 1 aromatic carbocycles. The predicted octanol–water partition coefficient (Wildman–Crippen LogP) is 1.38. The van der Waals surface area contributed by atoms with Crippen molar-refractivity contribution in [3.05, 3.63) is 35.9 Å². The Morgan fingerprint density at radius 2 is 1.88 bits per heavy atom. The van der Waals surface area contributed by atoms with E-state index in [9.17, 15) is 9.59 Å². The van der Waals surface area contributed by atoms with E-state index in [1.54, 1.807) is 0 Å². The van der Waals surface area contributed by atoms with Gasteiger partial charge in [-0.3, -0.25) is 10.2 Å². The second kappa shape index (κ2) is 7.04. The van der Waals surface area contributed by atoms with Crippen molar-refractivity contribution < 1.29 is 14.3 Å². The monoisotopic (exact) mass is 334 g/mol. The van der Waals surface area contributed by atoms with Gasteiger partial charge in [-0.25, -0.2) is 10.2 Å². The molecule has 0 bridgehead atoms. The van der Waals surface area contributed by atoms with Crippen LogP contribution in [0.1, 0.15) is 5.56 Å². The summed E-state index contributed by atoms with van der Waals surface area (Å²) >= 11 is 1.89. The molecule has 1 rings (SSSR count). The Bertz CT molecular complexity index is 356. The highest BCUT2D eigenvalue weighted by atomic mass is 127. The average molecular weight is 334 g/mol. The van der Waals surface area contributed by atoms with Gasteiger partial charge < -0.3 is 4.74 Å². The van der Waals surface area contributed by atoms with Gasteiger partial charge in [-0.05, 0) is 5.56 Å². The molecular weight excluding hydrogens is 323 g/mol. The van der Waals surface area contributed by atoms with Crippen LogP contribution in [0, 0.1) is 0 Å². The molecule has 0 aliphatic carbocycles. The van der Waals surface area contributed by atoms with Gasteiger partial charge in [0.1, 0.15) is 6.61 Å². The molecule has 16 heavy (non-hydrogen) atoms. The number of carbonyl (C=O) groups is 2. The highest BCUT2D eigenvalue weighted by Gasteiger charge is 2.03. The molecule has 0 atom stereocenters. The van der Waals surface area contributed by atoms with Crippen molar-refractivity contribution in [1.82, 2.24) is 10.9 Å². The number of hydrogen-bond acceptors (Lipinski definition) is 3. The Balaban J connectivity index is 2.23.